The second kappa shape index (κ2) is 7.58. The molecule has 1 unspecified atom stereocenters. The van der Waals surface area contributed by atoms with E-state index in [4.69, 9.17) is 9.47 Å². The van der Waals surface area contributed by atoms with Gasteiger partial charge in [0.25, 0.3) is 5.91 Å². The van der Waals surface area contributed by atoms with E-state index in [1.807, 2.05) is 25.3 Å². The van der Waals surface area contributed by atoms with Crippen LogP contribution in [0.4, 0.5) is 11.4 Å². The second-order valence-corrected chi connectivity index (χ2v) is 7.61. The molecule has 2 aromatic heterocycles. The Balaban J connectivity index is 1.50. The summed E-state index contributed by atoms with van der Waals surface area (Å²) in [4.78, 5) is 19.6. The van der Waals surface area contributed by atoms with E-state index < -0.39 is 0 Å². The number of rotatable bonds is 4. The summed E-state index contributed by atoms with van der Waals surface area (Å²) >= 11 is 0. The van der Waals surface area contributed by atoms with Crippen LogP contribution in [0.1, 0.15) is 21.5 Å². The van der Waals surface area contributed by atoms with E-state index in [0.29, 0.717) is 36.5 Å². The Kier molecular flexibility index (Phi) is 4.76. The Labute approximate surface area is 173 Å². The number of aryl methyl sites for hydroxylation is 1. The van der Waals surface area contributed by atoms with E-state index in [9.17, 15) is 9.90 Å². The lowest BCUT2D eigenvalue weighted by Crippen LogP contribution is -2.36. The molecule has 1 amide bonds. The smallest absolute Gasteiger partial charge is 0.261 e. The van der Waals surface area contributed by atoms with Gasteiger partial charge < -0.3 is 24.8 Å². The fourth-order valence-electron chi connectivity index (χ4n) is 3.94. The Bertz CT molecular complexity index is 1110. The molecule has 1 saturated heterocycles. The first kappa shape index (κ1) is 18.8. The average Bonchev–Trinajstić information content (AvgIpc) is 3.36. The summed E-state index contributed by atoms with van der Waals surface area (Å²) in [6.07, 6.45) is 5.43. The predicted molar refractivity (Wildman–Crippen MR) is 110 cm³/mol. The van der Waals surface area contributed by atoms with E-state index in [-0.39, 0.29) is 18.6 Å². The standard InChI is InChI=1S/C21H23N5O4/c1-13-9-22-20-16(10-23-26(20)11-13)21(28)24-17-7-14-6-15(12-27)30-19(14)8-18(17)25-2-4-29-5-3-25/h7-11,15,27H,2-6,12H2,1H3,(H,24,28). The largest absolute Gasteiger partial charge is 0.487 e. The Morgan fingerprint density at radius 3 is 2.93 bits per heavy atom. The van der Waals surface area contributed by atoms with Gasteiger partial charge in [0.2, 0.25) is 0 Å². The number of carbonyl (C=O) groups excluding carboxylic acids is 1. The number of carbonyl (C=O) groups is 1. The van der Waals surface area contributed by atoms with Crippen LogP contribution >= 0.6 is 0 Å². The van der Waals surface area contributed by atoms with Gasteiger partial charge in [0.15, 0.2) is 5.65 Å². The van der Waals surface area contributed by atoms with Crippen molar-refractivity contribution in [3.8, 4) is 5.75 Å². The van der Waals surface area contributed by atoms with Crippen LogP contribution in [-0.2, 0) is 11.2 Å². The molecule has 3 aromatic rings. The first-order valence-corrected chi connectivity index (χ1v) is 10.0. The minimum atomic E-state index is -0.270. The number of amides is 1. The third-order valence-corrected chi connectivity index (χ3v) is 5.45. The highest BCUT2D eigenvalue weighted by Crippen LogP contribution is 2.39. The molecule has 5 rings (SSSR count). The zero-order valence-electron chi connectivity index (χ0n) is 16.7. The van der Waals surface area contributed by atoms with Gasteiger partial charge in [-0.25, -0.2) is 9.50 Å². The zero-order chi connectivity index (χ0) is 20.7. The van der Waals surface area contributed by atoms with Gasteiger partial charge in [0.1, 0.15) is 17.4 Å². The van der Waals surface area contributed by atoms with Crippen molar-refractivity contribution in [3.63, 3.8) is 0 Å². The Hall–Kier alpha value is -3.17. The molecule has 4 heterocycles. The molecule has 1 aromatic carbocycles. The van der Waals surface area contributed by atoms with Crippen molar-refractivity contribution < 1.29 is 19.4 Å². The van der Waals surface area contributed by atoms with Gasteiger partial charge in [-0.15, -0.1) is 0 Å². The number of ether oxygens (including phenoxy) is 2. The molecule has 2 N–H and O–H groups in total. The number of aliphatic hydroxyl groups excluding tert-OH is 1. The normalized spacial score (nSPS) is 18.3. The monoisotopic (exact) mass is 409 g/mol. The van der Waals surface area contributed by atoms with E-state index >= 15 is 0 Å². The molecule has 1 atom stereocenters. The molecular weight excluding hydrogens is 386 g/mol. The number of anilines is 2. The van der Waals surface area contributed by atoms with Crippen LogP contribution in [0.15, 0.2) is 30.7 Å². The molecule has 156 valence electrons. The topological polar surface area (TPSA) is 101 Å². The highest BCUT2D eigenvalue weighted by atomic mass is 16.5. The van der Waals surface area contributed by atoms with Gasteiger partial charge in [-0.3, -0.25) is 4.79 Å². The van der Waals surface area contributed by atoms with Gasteiger partial charge in [-0.1, -0.05) is 0 Å². The lowest BCUT2D eigenvalue weighted by atomic mass is 10.1. The molecule has 2 aliphatic heterocycles. The minimum absolute atomic E-state index is 0.0449. The van der Waals surface area contributed by atoms with Crippen LogP contribution in [0, 0.1) is 6.92 Å². The van der Waals surface area contributed by atoms with Crippen molar-refractivity contribution in [2.75, 3.05) is 43.1 Å². The molecule has 30 heavy (non-hydrogen) atoms. The minimum Gasteiger partial charge on any atom is -0.487 e. The summed E-state index contributed by atoms with van der Waals surface area (Å²) in [6.45, 7) is 4.58. The van der Waals surface area contributed by atoms with Gasteiger partial charge in [-0.2, -0.15) is 5.10 Å². The highest BCUT2D eigenvalue weighted by Gasteiger charge is 2.27. The molecule has 0 radical (unpaired) electrons. The third-order valence-electron chi connectivity index (χ3n) is 5.45. The van der Waals surface area contributed by atoms with Crippen molar-refractivity contribution in [2.45, 2.75) is 19.4 Å². The van der Waals surface area contributed by atoms with E-state index in [2.05, 4.69) is 20.3 Å². The second-order valence-electron chi connectivity index (χ2n) is 7.61. The summed E-state index contributed by atoms with van der Waals surface area (Å²) in [5.41, 5.74) is 4.43. The SMILES string of the molecule is Cc1cnc2c(C(=O)Nc3cc4c(cc3N3CCOCC3)OC(CO)C4)cnn2c1. The lowest BCUT2D eigenvalue weighted by Gasteiger charge is -2.31. The quantitative estimate of drug-likeness (QED) is 0.672. The molecular formula is C21H23N5O4. The first-order chi connectivity index (χ1) is 14.6. The molecule has 9 heteroatoms. The van der Waals surface area contributed by atoms with Crippen molar-refractivity contribution in [1.82, 2.24) is 14.6 Å². The number of fused-ring (bicyclic) bond motifs is 2. The number of nitrogens with zero attached hydrogens (tertiary/aromatic N) is 4. The third kappa shape index (κ3) is 3.35. The van der Waals surface area contributed by atoms with Crippen molar-refractivity contribution in [2.24, 2.45) is 0 Å². The zero-order valence-corrected chi connectivity index (χ0v) is 16.7. The van der Waals surface area contributed by atoms with Crippen LogP contribution in [-0.4, -0.2) is 64.6 Å². The van der Waals surface area contributed by atoms with Crippen molar-refractivity contribution >= 4 is 22.9 Å². The summed E-state index contributed by atoms with van der Waals surface area (Å²) in [7, 11) is 0. The fraction of sp³-hybridized carbons (Fsp3) is 0.381. The summed E-state index contributed by atoms with van der Waals surface area (Å²) in [5, 5.41) is 16.8. The summed E-state index contributed by atoms with van der Waals surface area (Å²) < 4.78 is 12.9. The van der Waals surface area contributed by atoms with Gasteiger partial charge in [0, 0.05) is 43.5 Å². The van der Waals surface area contributed by atoms with E-state index in [1.54, 1.807) is 10.7 Å². The predicted octanol–water partition coefficient (Wildman–Crippen LogP) is 1.42. The van der Waals surface area contributed by atoms with E-state index in [1.165, 1.54) is 6.20 Å². The van der Waals surface area contributed by atoms with Gasteiger partial charge in [0.05, 0.1) is 37.4 Å². The molecule has 0 saturated carbocycles. The van der Waals surface area contributed by atoms with Crippen LogP contribution in [0.3, 0.4) is 0 Å². The Morgan fingerprint density at radius 1 is 1.30 bits per heavy atom. The maximum absolute atomic E-state index is 13.1. The average molecular weight is 409 g/mol. The summed E-state index contributed by atoms with van der Waals surface area (Å²) in [6, 6.07) is 3.89. The summed E-state index contributed by atoms with van der Waals surface area (Å²) in [5.74, 6) is 0.482. The molecule has 0 aliphatic carbocycles. The number of aromatic nitrogens is 3. The van der Waals surface area contributed by atoms with Crippen molar-refractivity contribution in [3.05, 3.63) is 47.4 Å². The number of hydrogen-bond acceptors (Lipinski definition) is 7. The number of morpholine rings is 1. The lowest BCUT2D eigenvalue weighted by molar-refractivity contribution is 0.102. The van der Waals surface area contributed by atoms with Crippen LogP contribution in [0.2, 0.25) is 0 Å². The van der Waals surface area contributed by atoms with Crippen LogP contribution < -0.4 is 15.0 Å². The highest BCUT2D eigenvalue weighted by molar-refractivity contribution is 6.09. The molecule has 2 aliphatic rings. The number of hydrogen-bond donors (Lipinski definition) is 2. The number of benzene rings is 1. The van der Waals surface area contributed by atoms with Crippen LogP contribution in [0.25, 0.3) is 5.65 Å². The molecule has 0 spiro atoms. The molecule has 1 fully saturated rings. The molecule has 0 bridgehead atoms. The number of nitrogens with one attached hydrogen (secondary N) is 1. The maximum Gasteiger partial charge on any atom is 0.261 e. The maximum atomic E-state index is 13.1. The van der Waals surface area contributed by atoms with Gasteiger partial charge in [-0.05, 0) is 18.6 Å². The van der Waals surface area contributed by atoms with Crippen molar-refractivity contribution in [1.29, 1.82) is 0 Å². The molecule has 9 nitrogen and oxygen atoms in total. The van der Waals surface area contributed by atoms with E-state index in [0.717, 1.165) is 35.7 Å². The van der Waals surface area contributed by atoms with Gasteiger partial charge >= 0.3 is 0 Å². The fourth-order valence-corrected chi connectivity index (χ4v) is 3.94. The first-order valence-electron chi connectivity index (χ1n) is 10.0. The van der Waals surface area contributed by atoms with Crippen LogP contribution in [0.5, 0.6) is 5.75 Å². The number of aliphatic hydroxyl groups is 1. The Morgan fingerprint density at radius 2 is 2.13 bits per heavy atom.